The van der Waals surface area contributed by atoms with Gasteiger partial charge in [-0.15, -0.1) is 0 Å². The number of amides is 1. The van der Waals surface area contributed by atoms with E-state index in [9.17, 15) is 4.79 Å². The van der Waals surface area contributed by atoms with Crippen molar-refractivity contribution in [1.82, 2.24) is 5.32 Å². The zero-order valence-corrected chi connectivity index (χ0v) is 12.1. The van der Waals surface area contributed by atoms with Crippen molar-refractivity contribution in [3.05, 3.63) is 60.2 Å². The molecular formula is C17H18N2O3. The second-order valence-electron chi connectivity index (χ2n) is 5.09. The van der Waals surface area contributed by atoms with Crippen LogP contribution in [0.4, 0.5) is 10.5 Å². The quantitative estimate of drug-likeness (QED) is 0.911. The van der Waals surface area contributed by atoms with Crippen LogP contribution in [0, 0.1) is 0 Å². The van der Waals surface area contributed by atoms with Gasteiger partial charge in [0.05, 0.1) is 11.7 Å². The highest BCUT2D eigenvalue weighted by Gasteiger charge is 2.18. The minimum absolute atomic E-state index is 0.0270. The van der Waals surface area contributed by atoms with Crippen molar-refractivity contribution in [2.75, 3.05) is 18.5 Å². The summed E-state index contributed by atoms with van der Waals surface area (Å²) in [7, 11) is 0. The van der Waals surface area contributed by atoms with Crippen LogP contribution < -0.4 is 15.4 Å². The first kappa shape index (κ1) is 14.3. The summed E-state index contributed by atoms with van der Waals surface area (Å²) in [5.74, 6) is 0.838. The number of ether oxygens (including phenoxy) is 2. The first-order valence-electron chi connectivity index (χ1n) is 7.24. The van der Waals surface area contributed by atoms with Crippen LogP contribution in [0.5, 0.6) is 5.75 Å². The van der Waals surface area contributed by atoms with Crippen LogP contribution in [0.1, 0.15) is 5.56 Å². The minimum Gasteiger partial charge on any atom is -0.489 e. The number of rotatable bonds is 4. The number of carbonyl (C=O) groups is 1. The molecule has 0 saturated carbocycles. The highest BCUT2D eigenvalue weighted by Crippen LogP contribution is 2.27. The van der Waals surface area contributed by atoms with Gasteiger partial charge >= 0.3 is 6.09 Å². The third-order valence-electron chi connectivity index (χ3n) is 3.39. The lowest BCUT2D eigenvalue weighted by Gasteiger charge is -2.27. The van der Waals surface area contributed by atoms with Crippen LogP contribution in [0.25, 0.3) is 0 Å². The lowest BCUT2D eigenvalue weighted by Crippen LogP contribution is -2.42. The largest absolute Gasteiger partial charge is 0.489 e. The molecule has 0 aromatic heterocycles. The van der Waals surface area contributed by atoms with Crippen molar-refractivity contribution < 1.29 is 14.3 Å². The Morgan fingerprint density at radius 2 is 1.95 bits per heavy atom. The maximum Gasteiger partial charge on any atom is 0.407 e. The van der Waals surface area contributed by atoms with Gasteiger partial charge in [0.2, 0.25) is 0 Å². The zero-order valence-electron chi connectivity index (χ0n) is 12.1. The van der Waals surface area contributed by atoms with Crippen LogP contribution in [-0.4, -0.2) is 25.3 Å². The first-order valence-corrected chi connectivity index (χ1v) is 7.24. The van der Waals surface area contributed by atoms with E-state index in [4.69, 9.17) is 9.47 Å². The van der Waals surface area contributed by atoms with Gasteiger partial charge in [0.1, 0.15) is 19.0 Å². The van der Waals surface area contributed by atoms with Crippen LogP contribution in [0.15, 0.2) is 54.6 Å². The van der Waals surface area contributed by atoms with Crippen LogP contribution in [-0.2, 0) is 11.3 Å². The fourth-order valence-corrected chi connectivity index (χ4v) is 2.25. The third-order valence-corrected chi connectivity index (χ3v) is 3.39. The maximum atomic E-state index is 11.7. The van der Waals surface area contributed by atoms with Gasteiger partial charge in [-0.3, -0.25) is 0 Å². The van der Waals surface area contributed by atoms with E-state index in [0.717, 1.165) is 17.0 Å². The summed E-state index contributed by atoms with van der Waals surface area (Å²) < 4.78 is 10.8. The van der Waals surface area contributed by atoms with Crippen molar-refractivity contribution in [2.24, 2.45) is 0 Å². The fraction of sp³-hybridized carbons (Fsp3) is 0.235. The Balaban J connectivity index is 1.42. The molecular weight excluding hydrogens is 280 g/mol. The molecule has 22 heavy (non-hydrogen) atoms. The molecule has 1 aliphatic rings. The topological polar surface area (TPSA) is 59.6 Å². The summed E-state index contributed by atoms with van der Waals surface area (Å²) in [4.78, 5) is 11.7. The number of carbonyl (C=O) groups excluding carboxylic acids is 1. The molecule has 2 N–H and O–H groups in total. The summed E-state index contributed by atoms with van der Waals surface area (Å²) in [6.45, 7) is 1.22. The Morgan fingerprint density at radius 1 is 1.18 bits per heavy atom. The molecule has 3 rings (SSSR count). The van der Waals surface area contributed by atoms with Crippen molar-refractivity contribution in [2.45, 2.75) is 12.6 Å². The molecule has 1 atom stereocenters. The van der Waals surface area contributed by atoms with Gasteiger partial charge < -0.3 is 20.1 Å². The summed E-state index contributed by atoms with van der Waals surface area (Å²) in [5, 5.41) is 6.08. The predicted octanol–water partition coefficient (Wildman–Crippen LogP) is 2.79. The molecule has 1 heterocycles. The van der Waals surface area contributed by atoms with E-state index in [1.54, 1.807) is 0 Å². The third kappa shape index (κ3) is 3.69. The predicted molar refractivity (Wildman–Crippen MR) is 84.0 cm³/mol. The number of hydrogen-bond acceptors (Lipinski definition) is 4. The normalized spacial score (nSPS) is 15.9. The van der Waals surface area contributed by atoms with E-state index < -0.39 is 6.09 Å². The van der Waals surface area contributed by atoms with E-state index >= 15 is 0 Å². The van der Waals surface area contributed by atoms with E-state index in [2.05, 4.69) is 10.6 Å². The standard InChI is InChI=1S/C17H18N2O3/c20-17(22-11-13-6-2-1-3-7-13)18-10-14-12-21-16-9-5-4-8-15(16)19-14/h1-9,14,19H,10-12H2,(H,18,20). The Morgan fingerprint density at radius 3 is 2.82 bits per heavy atom. The van der Waals surface area contributed by atoms with E-state index in [-0.39, 0.29) is 12.6 Å². The summed E-state index contributed by atoms with van der Waals surface area (Å²) >= 11 is 0. The smallest absolute Gasteiger partial charge is 0.407 e. The molecule has 114 valence electrons. The fourth-order valence-electron chi connectivity index (χ4n) is 2.25. The van der Waals surface area contributed by atoms with Gasteiger partial charge in [0, 0.05) is 6.54 Å². The lowest BCUT2D eigenvalue weighted by molar-refractivity contribution is 0.138. The monoisotopic (exact) mass is 298 g/mol. The molecule has 0 fully saturated rings. The summed E-state index contributed by atoms with van der Waals surface area (Å²) in [6, 6.07) is 17.4. The molecule has 0 saturated heterocycles. The second kappa shape index (κ2) is 6.85. The SMILES string of the molecule is O=C(NCC1COc2ccccc2N1)OCc1ccccc1. The highest BCUT2D eigenvalue weighted by molar-refractivity contribution is 5.67. The minimum atomic E-state index is -0.426. The Kier molecular flexibility index (Phi) is 4.44. The zero-order chi connectivity index (χ0) is 15.2. The number of hydrogen-bond donors (Lipinski definition) is 2. The van der Waals surface area contributed by atoms with E-state index in [0.29, 0.717) is 13.2 Å². The Labute approximate surface area is 129 Å². The molecule has 0 spiro atoms. The molecule has 1 aliphatic heterocycles. The number of fused-ring (bicyclic) bond motifs is 1. The van der Waals surface area contributed by atoms with Gasteiger partial charge in [-0.25, -0.2) is 4.79 Å². The number of benzene rings is 2. The van der Waals surface area contributed by atoms with E-state index in [1.807, 2.05) is 54.6 Å². The maximum absolute atomic E-state index is 11.7. The highest BCUT2D eigenvalue weighted by atomic mass is 16.5. The van der Waals surface area contributed by atoms with Gasteiger partial charge in [0.15, 0.2) is 0 Å². The first-order chi connectivity index (χ1) is 10.8. The number of para-hydroxylation sites is 2. The average Bonchev–Trinajstić information content (AvgIpc) is 2.59. The van der Waals surface area contributed by atoms with Crippen molar-refractivity contribution in [3.8, 4) is 5.75 Å². The molecule has 5 heteroatoms. The van der Waals surface area contributed by atoms with Crippen LogP contribution in [0.3, 0.4) is 0 Å². The van der Waals surface area contributed by atoms with Crippen molar-refractivity contribution >= 4 is 11.8 Å². The molecule has 2 aromatic rings. The summed E-state index contributed by atoms with van der Waals surface area (Å²) in [5.41, 5.74) is 1.91. The van der Waals surface area contributed by atoms with Gasteiger partial charge in [-0.2, -0.15) is 0 Å². The molecule has 5 nitrogen and oxygen atoms in total. The number of alkyl carbamates (subject to hydrolysis) is 1. The number of nitrogens with one attached hydrogen (secondary N) is 2. The summed E-state index contributed by atoms with van der Waals surface area (Å²) in [6.07, 6.45) is -0.426. The number of anilines is 1. The Hall–Kier alpha value is -2.69. The molecule has 1 unspecified atom stereocenters. The van der Waals surface area contributed by atoms with Crippen LogP contribution >= 0.6 is 0 Å². The molecule has 2 aromatic carbocycles. The van der Waals surface area contributed by atoms with Crippen LogP contribution in [0.2, 0.25) is 0 Å². The molecule has 0 radical (unpaired) electrons. The average molecular weight is 298 g/mol. The van der Waals surface area contributed by atoms with Crippen molar-refractivity contribution in [3.63, 3.8) is 0 Å². The molecule has 1 amide bonds. The molecule has 0 bridgehead atoms. The van der Waals surface area contributed by atoms with Gasteiger partial charge in [-0.1, -0.05) is 42.5 Å². The lowest BCUT2D eigenvalue weighted by atomic mass is 10.2. The second-order valence-corrected chi connectivity index (χ2v) is 5.09. The molecule has 0 aliphatic carbocycles. The Bertz CT molecular complexity index is 631. The van der Waals surface area contributed by atoms with Gasteiger partial charge in [-0.05, 0) is 17.7 Å². The van der Waals surface area contributed by atoms with E-state index in [1.165, 1.54) is 0 Å². The van der Waals surface area contributed by atoms with Gasteiger partial charge in [0.25, 0.3) is 0 Å². The van der Waals surface area contributed by atoms with Crippen molar-refractivity contribution in [1.29, 1.82) is 0 Å².